The van der Waals surface area contributed by atoms with Gasteiger partial charge in [0.05, 0.1) is 27.7 Å². The van der Waals surface area contributed by atoms with Gasteiger partial charge in [0.2, 0.25) is 0 Å². The van der Waals surface area contributed by atoms with Gasteiger partial charge in [0.15, 0.2) is 11.6 Å². The highest BCUT2D eigenvalue weighted by Gasteiger charge is 2.23. The third-order valence-corrected chi connectivity index (χ3v) is 4.37. The van der Waals surface area contributed by atoms with Gasteiger partial charge in [-0.3, -0.25) is 4.99 Å². The number of fused-ring (bicyclic) bond motifs is 3. The second kappa shape index (κ2) is 6.74. The van der Waals surface area contributed by atoms with Crippen molar-refractivity contribution >= 4 is 45.1 Å². The van der Waals surface area contributed by atoms with E-state index in [-0.39, 0.29) is 5.39 Å². The second-order valence-corrected chi connectivity index (χ2v) is 6.11. The number of allylic oxidation sites excluding steroid dienone is 2. The molecule has 2 heterocycles. The van der Waals surface area contributed by atoms with Gasteiger partial charge >= 0.3 is 0 Å². The van der Waals surface area contributed by atoms with Gasteiger partial charge in [-0.15, -0.1) is 0 Å². The average Bonchev–Trinajstić information content (AvgIpc) is 3.01. The molecule has 26 heavy (non-hydrogen) atoms. The fourth-order valence-corrected chi connectivity index (χ4v) is 3.25. The molecule has 0 aliphatic carbocycles. The topological polar surface area (TPSA) is 56.3 Å². The van der Waals surface area contributed by atoms with Gasteiger partial charge in [-0.05, 0) is 12.5 Å². The molecular weight excluding hydrogens is 336 g/mol. The summed E-state index contributed by atoms with van der Waals surface area (Å²) in [7, 11) is 7.08. The number of aromatic nitrogens is 2. The summed E-state index contributed by atoms with van der Waals surface area (Å²) in [4.78, 5) is 13.5. The lowest BCUT2D eigenvalue weighted by atomic mass is 10.0. The van der Waals surface area contributed by atoms with E-state index < -0.39 is 11.6 Å². The van der Waals surface area contributed by atoms with E-state index in [0.29, 0.717) is 22.2 Å². The molecular formula is C19H21F2N5. The summed E-state index contributed by atoms with van der Waals surface area (Å²) < 4.78 is 29.0. The third-order valence-electron chi connectivity index (χ3n) is 4.37. The molecule has 3 rings (SSSR count). The highest BCUT2D eigenvalue weighted by atomic mass is 19.2. The Kier molecular flexibility index (Phi) is 4.63. The van der Waals surface area contributed by atoms with Gasteiger partial charge in [0.25, 0.3) is 0 Å². The molecule has 0 unspecified atom stereocenters. The Bertz CT molecular complexity index is 1050. The number of hydrogen-bond acceptors (Lipinski definition) is 4. The van der Waals surface area contributed by atoms with Crippen molar-refractivity contribution in [2.24, 2.45) is 4.99 Å². The predicted molar refractivity (Wildman–Crippen MR) is 105 cm³/mol. The van der Waals surface area contributed by atoms with Crippen LogP contribution in [0.25, 0.3) is 27.5 Å². The second-order valence-electron chi connectivity index (χ2n) is 6.11. The van der Waals surface area contributed by atoms with E-state index in [0.717, 1.165) is 22.9 Å². The molecule has 0 radical (unpaired) electrons. The van der Waals surface area contributed by atoms with Gasteiger partial charge < -0.3 is 15.2 Å². The summed E-state index contributed by atoms with van der Waals surface area (Å²) >= 11 is 0. The van der Waals surface area contributed by atoms with Crippen LogP contribution >= 0.6 is 0 Å². The molecule has 5 nitrogen and oxygen atoms in total. The number of nitrogens with zero attached hydrogens (tertiary/aromatic N) is 3. The molecule has 0 amide bonds. The van der Waals surface area contributed by atoms with Crippen molar-refractivity contribution in [3.63, 3.8) is 0 Å². The Morgan fingerprint density at radius 3 is 2.62 bits per heavy atom. The predicted octanol–water partition coefficient (Wildman–Crippen LogP) is 4.21. The minimum absolute atomic E-state index is 0.186. The number of halogens is 2. The Labute approximate surface area is 150 Å². The number of pyridine rings is 1. The van der Waals surface area contributed by atoms with Gasteiger partial charge in [-0.2, -0.15) is 0 Å². The van der Waals surface area contributed by atoms with Gasteiger partial charge in [-0.1, -0.05) is 6.08 Å². The van der Waals surface area contributed by atoms with E-state index in [4.69, 9.17) is 0 Å². The van der Waals surface area contributed by atoms with Crippen LogP contribution in [0.3, 0.4) is 0 Å². The normalized spacial score (nSPS) is 12.5. The first-order valence-electron chi connectivity index (χ1n) is 8.20. The van der Waals surface area contributed by atoms with Crippen molar-refractivity contribution in [1.82, 2.24) is 9.97 Å². The zero-order chi connectivity index (χ0) is 19.0. The minimum atomic E-state index is -0.903. The SMILES string of the molecule is C/C=C(\C=NC)c1cnc2[nH]c3c(NC)cc(F)c(F)c3c2c1N(C)C. The summed E-state index contributed by atoms with van der Waals surface area (Å²) in [6.45, 7) is 1.90. The highest BCUT2D eigenvalue weighted by molar-refractivity contribution is 6.20. The standard InChI is InChI=1S/C19H21F2N5/c1-6-10(8-22-2)11-9-24-19-15(18(11)26(4)5)14-16(21)12(20)7-13(23-3)17(14)25-19/h6-9,23H,1-5H3,(H,24,25)/b10-6+,22-8?. The molecule has 2 aromatic heterocycles. The van der Waals surface area contributed by atoms with E-state index in [1.54, 1.807) is 26.5 Å². The lowest BCUT2D eigenvalue weighted by Crippen LogP contribution is -2.12. The summed E-state index contributed by atoms with van der Waals surface area (Å²) in [5.74, 6) is -1.79. The molecule has 0 bridgehead atoms. The smallest absolute Gasteiger partial charge is 0.169 e. The van der Waals surface area contributed by atoms with Crippen LogP contribution in [-0.2, 0) is 0 Å². The minimum Gasteiger partial charge on any atom is -0.386 e. The van der Waals surface area contributed by atoms with Crippen LogP contribution in [0.2, 0.25) is 0 Å². The Hall–Kier alpha value is -2.96. The molecule has 0 atom stereocenters. The average molecular weight is 357 g/mol. The molecule has 136 valence electrons. The number of H-pyrrole nitrogens is 1. The molecule has 1 aromatic carbocycles. The summed E-state index contributed by atoms with van der Waals surface area (Å²) in [5.41, 5.74) is 3.86. The van der Waals surface area contributed by atoms with Gasteiger partial charge in [0, 0.05) is 52.2 Å². The molecule has 3 aromatic rings. The maximum atomic E-state index is 14.8. The first kappa shape index (κ1) is 17.8. The largest absolute Gasteiger partial charge is 0.386 e. The van der Waals surface area contributed by atoms with Gasteiger partial charge in [0.1, 0.15) is 5.65 Å². The highest BCUT2D eigenvalue weighted by Crippen LogP contribution is 2.40. The fraction of sp³-hybridized carbons (Fsp3) is 0.263. The van der Waals surface area contributed by atoms with E-state index in [1.807, 2.05) is 32.0 Å². The Balaban J connectivity index is 2.55. The van der Waals surface area contributed by atoms with Crippen LogP contribution in [-0.4, -0.2) is 44.4 Å². The van der Waals surface area contributed by atoms with Crippen molar-refractivity contribution in [2.45, 2.75) is 6.92 Å². The van der Waals surface area contributed by atoms with Crippen LogP contribution in [0.15, 0.2) is 23.3 Å². The maximum Gasteiger partial charge on any atom is 0.169 e. The first-order valence-corrected chi connectivity index (χ1v) is 8.20. The number of rotatable bonds is 4. The quantitative estimate of drug-likeness (QED) is 0.688. The van der Waals surface area contributed by atoms with Crippen LogP contribution < -0.4 is 10.2 Å². The van der Waals surface area contributed by atoms with Crippen LogP contribution in [0.1, 0.15) is 12.5 Å². The molecule has 2 N–H and O–H groups in total. The van der Waals surface area contributed by atoms with Crippen molar-refractivity contribution in [3.8, 4) is 0 Å². The number of benzene rings is 1. The lowest BCUT2D eigenvalue weighted by molar-refractivity contribution is 0.518. The zero-order valence-corrected chi connectivity index (χ0v) is 15.4. The number of anilines is 2. The van der Waals surface area contributed by atoms with Crippen LogP contribution in [0, 0.1) is 11.6 Å². The van der Waals surface area contributed by atoms with E-state index >= 15 is 0 Å². The van der Waals surface area contributed by atoms with Crippen molar-refractivity contribution in [2.75, 3.05) is 38.4 Å². The molecule has 0 saturated heterocycles. The third kappa shape index (κ3) is 2.60. The van der Waals surface area contributed by atoms with Crippen molar-refractivity contribution < 1.29 is 8.78 Å². The van der Waals surface area contributed by atoms with E-state index in [2.05, 4.69) is 20.3 Å². The zero-order valence-electron chi connectivity index (χ0n) is 15.4. The van der Waals surface area contributed by atoms with Crippen molar-refractivity contribution in [1.29, 1.82) is 0 Å². The molecule has 0 saturated carbocycles. The lowest BCUT2D eigenvalue weighted by Gasteiger charge is -2.19. The Morgan fingerprint density at radius 1 is 1.31 bits per heavy atom. The summed E-state index contributed by atoms with van der Waals surface area (Å²) in [5, 5.41) is 3.63. The fourth-order valence-electron chi connectivity index (χ4n) is 3.25. The number of aliphatic imine (C=N–C) groups is 1. The van der Waals surface area contributed by atoms with Crippen LogP contribution in [0.4, 0.5) is 20.2 Å². The molecule has 0 fully saturated rings. The molecule has 7 heteroatoms. The van der Waals surface area contributed by atoms with E-state index in [9.17, 15) is 8.78 Å². The number of hydrogen-bond donors (Lipinski definition) is 2. The van der Waals surface area contributed by atoms with Gasteiger partial charge in [-0.25, -0.2) is 13.8 Å². The molecule has 0 spiro atoms. The maximum absolute atomic E-state index is 14.8. The first-order chi connectivity index (χ1) is 12.4. The van der Waals surface area contributed by atoms with E-state index in [1.165, 1.54) is 0 Å². The molecule has 0 aliphatic heterocycles. The summed E-state index contributed by atoms with van der Waals surface area (Å²) in [6.07, 6.45) is 5.35. The van der Waals surface area contributed by atoms with Crippen molar-refractivity contribution in [3.05, 3.63) is 35.5 Å². The summed E-state index contributed by atoms with van der Waals surface area (Å²) in [6, 6.07) is 1.14. The molecule has 0 aliphatic rings. The Morgan fingerprint density at radius 2 is 2.04 bits per heavy atom. The monoisotopic (exact) mass is 357 g/mol. The number of aromatic amines is 1. The van der Waals surface area contributed by atoms with Crippen LogP contribution in [0.5, 0.6) is 0 Å². The number of nitrogens with one attached hydrogen (secondary N) is 2.